The Bertz CT molecular complexity index is 1730. The lowest BCUT2D eigenvalue weighted by atomic mass is 9.83. The minimum absolute atomic E-state index is 0.00385. The van der Waals surface area contributed by atoms with Crippen LogP contribution in [0.1, 0.15) is 53.0 Å². The Morgan fingerprint density at radius 3 is 2.24 bits per heavy atom. The molecular weight excluding hydrogens is 599 g/mol. The van der Waals surface area contributed by atoms with Crippen molar-refractivity contribution < 1.29 is 46.2 Å². The number of hydrogen-bond donors (Lipinski definition) is 3. The van der Waals surface area contributed by atoms with Crippen molar-refractivity contribution in [3.8, 4) is 16.9 Å². The van der Waals surface area contributed by atoms with E-state index in [0.717, 1.165) is 35.4 Å². The van der Waals surface area contributed by atoms with Crippen LogP contribution in [0, 0.1) is 29.4 Å². The van der Waals surface area contributed by atoms with E-state index in [1.54, 1.807) is 0 Å². The number of allylic oxidation sites excluding steroid dienone is 1. The summed E-state index contributed by atoms with van der Waals surface area (Å²) in [4.78, 5) is 38.9. The molecule has 2 aliphatic rings. The molecule has 2 bridgehead atoms. The van der Waals surface area contributed by atoms with Gasteiger partial charge in [-0.3, -0.25) is 9.59 Å². The Morgan fingerprint density at radius 1 is 0.911 bits per heavy atom. The van der Waals surface area contributed by atoms with E-state index in [1.807, 2.05) is 13.8 Å². The van der Waals surface area contributed by atoms with Crippen LogP contribution < -0.4 is 15.4 Å². The number of carbonyl (C=O) groups excluding carboxylic acids is 2. The van der Waals surface area contributed by atoms with E-state index in [1.165, 1.54) is 25.3 Å². The fraction of sp³-hybridized carbons (Fsp3) is 0.303. The lowest BCUT2D eigenvalue weighted by Crippen LogP contribution is -2.48. The molecule has 2 saturated carbocycles. The Hall–Kier alpha value is -4.74. The average Bonchev–Trinajstić information content (AvgIpc) is 3.54. The van der Waals surface area contributed by atoms with Crippen molar-refractivity contribution >= 4 is 23.5 Å². The zero-order valence-electron chi connectivity index (χ0n) is 24.4. The number of anilines is 1. The van der Waals surface area contributed by atoms with Gasteiger partial charge < -0.3 is 20.5 Å². The number of amides is 2. The standard InChI is InChI=1S/C33H29F5N2O5/c1-15(2)27-19-7-8-20(27)29(28(19)31(42)39-18-6-10-25(35)23(14-18)33(36,37)38)40-30(41)22-12-16(5-11-26(22)45-3)21-13-17(32(43)44)4-9-24(21)34/h4-6,9-14,19-20,28-29H,7-8H2,1-3H3,(H,39,42)(H,40,41)(H,43,44)/t19?,20?,28-,29+/m0/s1. The minimum Gasteiger partial charge on any atom is -0.496 e. The molecule has 7 nitrogen and oxygen atoms in total. The van der Waals surface area contributed by atoms with Crippen LogP contribution in [0.25, 0.3) is 11.1 Å². The highest BCUT2D eigenvalue weighted by Crippen LogP contribution is 2.54. The van der Waals surface area contributed by atoms with Crippen molar-refractivity contribution in [2.75, 3.05) is 12.4 Å². The highest BCUT2D eigenvalue weighted by Gasteiger charge is 2.55. The third-order valence-corrected chi connectivity index (χ3v) is 8.53. The molecule has 0 aromatic heterocycles. The van der Waals surface area contributed by atoms with E-state index in [2.05, 4.69) is 10.6 Å². The molecular formula is C33H29F5N2O5. The van der Waals surface area contributed by atoms with E-state index in [4.69, 9.17) is 4.74 Å². The van der Waals surface area contributed by atoms with Crippen LogP contribution in [-0.4, -0.2) is 36.0 Å². The minimum atomic E-state index is -4.96. The van der Waals surface area contributed by atoms with E-state index < -0.39 is 53.1 Å². The maximum atomic E-state index is 14.8. The van der Waals surface area contributed by atoms with Crippen LogP contribution >= 0.6 is 0 Å². The van der Waals surface area contributed by atoms with Gasteiger partial charge in [0.25, 0.3) is 5.91 Å². The summed E-state index contributed by atoms with van der Waals surface area (Å²) in [5.74, 6) is -5.92. The van der Waals surface area contributed by atoms with Gasteiger partial charge in [0.05, 0.1) is 29.7 Å². The first-order valence-electron chi connectivity index (χ1n) is 14.1. The highest BCUT2D eigenvalue weighted by molar-refractivity contribution is 6.00. The summed E-state index contributed by atoms with van der Waals surface area (Å²) in [5.41, 5.74) is 0.223. The molecule has 3 N–H and O–H groups in total. The number of carboxylic acid groups (broad SMARTS) is 1. The maximum absolute atomic E-state index is 14.8. The SMILES string of the molecule is COc1ccc(-c2cc(C(=O)O)ccc2F)cc1C(=O)N[C@@H]1C2CCC(C2=C(C)C)[C@@H]1C(=O)Nc1ccc(F)c(C(F)(F)F)c1. The van der Waals surface area contributed by atoms with Crippen molar-refractivity contribution in [2.45, 2.75) is 38.9 Å². The fourth-order valence-corrected chi connectivity index (χ4v) is 6.68. The van der Waals surface area contributed by atoms with E-state index in [9.17, 15) is 41.4 Å². The van der Waals surface area contributed by atoms with Gasteiger partial charge in [-0.25, -0.2) is 13.6 Å². The number of methoxy groups -OCH3 is 1. The first kappa shape index (κ1) is 31.7. The molecule has 3 aromatic rings. The number of carboxylic acids is 1. The molecule has 0 aliphatic heterocycles. The van der Waals surface area contributed by atoms with Gasteiger partial charge in [-0.15, -0.1) is 0 Å². The van der Waals surface area contributed by atoms with E-state index in [0.29, 0.717) is 25.0 Å². The molecule has 5 rings (SSSR count). The molecule has 2 unspecified atom stereocenters. The predicted molar refractivity (Wildman–Crippen MR) is 155 cm³/mol. The first-order valence-corrected chi connectivity index (χ1v) is 14.1. The molecule has 3 aromatic carbocycles. The number of hydrogen-bond acceptors (Lipinski definition) is 4. The van der Waals surface area contributed by atoms with Crippen molar-refractivity contribution in [3.05, 3.63) is 94.1 Å². The lowest BCUT2D eigenvalue weighted by Gasteiger charge is -2.30. The Labute approximate surface area is 255 Å². The number of halogens is 5. The van der Waals surface area contributed by atoms with Gasteiger partial charge in [0.1, 0.15) is 17.4 Å². The molecule has 2 amide bonds. The summed E-state index contributed by atoms with van der Waals surface area (Å²) < 4.78 is 73.9. The number of aromatic carboxylic acids is 1. The van der Waals surface area contributed by atoms with Gasteiger partial charge in [-0.2, -0.15) is 13.2 Å². The van der Waals surface area contributed by atoms with Crippen LogP contribution in [0.15, 0.2) is 65.7 Å². The molecule has 12 heteroatoms. The Kier molecular flexibility index (Phi) is 8.43. The zero-order valence-corrected chi connectivity index (χ0v) is 24.4. The second-order valence-electron chi connectivity index (χ2n) is 11.4. The third kappa shape index (κ3) is 6.01. The monoisotopic (exact) mass is 628 g/mol. The number of nitrogens with one attached hydrogen (secondary N) is 2. The fourth-order valence-electron chi connectivity index (χ4n) is 6.68. The molecule has 2 fully saturated rings. The average molecular weight is 629 g/mol. The van der Waals surface area contributed by atoms with Gasteiger partial charge in [0, 0.05) is 23.2 Å². The lowest BCUT2D eigenvalue weighted by molar-refractivity contribution is -0.140. The Morgan fingerprint density at radius 2 is 1.60 bits per heavy atom. The Balaban J connectivity index is 1.48. The van der Waals surface area contributed by atoms with Crippen LogP contribution in [0.2, 0.25) is 0 Å². The predicted octanol–water partition coefficient (Wildman–Crippen LogP) is 7.09. The maximum Gasteiger partial charge on any atom is 0.419 e. The summed E-state index contributed by atoms with van der Waals surface area (Å²) in [6, 6.07) is 9.03. The summed E-state index contributed by atoms with van der Waals surface area (Å²) >= 11 is 0. The van der Waals surface area contributed by atoms with Crippen molar-refractivity contribution in [3.63, 3.8) is 0 Å². The van der Waals surface area contributed by atoms with Crippen LogP contribution in [0.3, 0.4) is 0 Å². The molecule has 0 radical (unpaired) electrons. The first-order chi connectivity index (χ1) is 21.2. The van der Waals surface area contributed by atoms with Crippen molar-refractivity contribution in [1.29, 1.82) is 0 Å². The summed E-state index contributed by atoms with van der Waals surface area (Å²) in [7, 11) is 1.34. The third-order valence-electron chi connectivity index (χ3n) is 8.53. The molecule has 2 aliphatic carbocycles. The molecule has 0 heterocycles. The molecule has 0 saturated heterocycles. The van der Waals surface area contributed by atoms with Gasteiger partial charge in [0.15, 0.2) is 0 Å². The summed E-state index contributed by atoms with van der Waals surface area (Å²) in [6.45, 7) is 3.78. The molecule has 4 atom stereocenters. The summed E-state index contributed by atoms with van der Waals surface area (Å²) in [6.07, 6.45) is -3.67. The highest BCUT2D eigenvalue weighted by atomic mass is 19.4. The van der Waals surface area contributed by atoms with Gasteiger partial charge in [-0.05, 0) is 86.7 Å². The normalized spacial score (nSPS) is 20.6. The second-order valence-corrected chi connectivity index (χ2v) is 11.4. The van der Waals surface area contributed by atoms with Crippen molar-refractivity contribution in [2.24, 2.45) is 17.8 Å². The van der Waals surface area contributed by atoms with Crippen LogP contribution in [0.4, 0.5) is 27.6 Å². The number of alkyl halides is 3. The smallest absolute Gasteiger partial charge is 0.419 e. The number of rotatable bonds is 7. The van der Waals surface area contributed by atoms with E-state index >= 15 is 0 Å². The van der Waals surface area contributed by atoms with Gasteiger partial charge in [0.2, 0.25) is 5.91 Å². The largest absolute Gasteiger partial charge is 0.496 e. The number of benzene rings is 3. The topological polar surface area (TPSA) is 105 Å². The zero-order chi connectivity index (χ0) is 32.8. The van der Waals surface area contributed by atoms with E-state index in [-0.39, 0.29) is 45.5 Å². The quantitative estimate of drug-likeness (QED) is 0.192. The van der Waals surface area contributed by atoms with Crippen LogP contribution in [0.5, 0.6) is 5.75 Å². The van der Waals surface area contributed by atoms with Gasteiger partial charge >= 0.3 is 12.1 Å². The number of ether oxygens (including phenoxy) is 1. The second kappa shape index (κ2) is 12.0. The molecule has 236 valence electrons. The molecule has 0 spiro atoms. The van der Waals surface area contributed by atoms with Crippen molar-refractivity contribution in [1.82, 2.24) is 5.32 Å². The van der Waals surface area contributed by atoms with Crippen LogP contribution in [-0.2, 0) is 11.0 Å². The number of carbonyl (C=O) groups is 3. The van der Waals surface area contributed by atoms with Gasteiger partial charge in [-0.1, -0.05) is 17.2 Å². The summed E-state index contributed by atoms with van der Waals surface area (Å²) in [5, 5.41) is 14.8. The molecule has 45 heavy (non-hydrogen) atoms. The number of fused-ring (bicyclic) bond motifs is 2.